The van der Waals surface area contributed by atoms with E-state index in [2.05, 4.69) is 10.1 Å². The third kappa shape index (κ3) is 4.76. The molecule has 1 aliphatic rings. The van der Waals surface area contributed by atoms with Crippen LogP contribution < -0.4 is 10.1 Å². The number of aliphatic hydroxyl groups is 1. The van der Waals surface area contributed by atoms with E-state index in [0.29, 0.717) is 26.2 Å². The SMILES string of the molecule is OCC(F)(F)[C@@H](c1ccc(OC(F)(F)F)cc1)N1CCNCC1. The maximum absolute atomic E-state index is 14.1. The number of halogens is 5. The van der Waals surface area contributed by atoms with E-state index in [1.54, 1.807) is 0 Å². The van der Waals surface area contributed by atoms with Gasteiger partial charge in [-0.05, 0) is 17.7 Å². The summed E-state index contributed by atoms with van der Waals surface area (Å²) in [6.07, 6.45) is -4.84. The highest BCUT2D eigenvalue weighted by Crippen LogP contribution is 2.37. The number of alkyl halides is 5. The Morgan fingerprint density at radius 2 is 1.65 bits per heavy atom. The molecule has 2 N–H and O–H groups in total. The molecule has 0 aromatic heterocycles. The Morgan fingerprint density at radius 1 is 1.09 bits per heavy atom. The fourth-order valence-corrected chi connectivity index (χ4v) is 2.60. The van der Waals surface area contributed by atoms with E-state index in [9.17, 15) is 22.0 Å². The largest absolute Gasteiger partial charge is 0.573 e. The molecule has 1 heterocycles. The van der Waals surface area contributed by atoms with Gasteiger partial charge in [-0.1, -0.05) is 12.1 Å². The van der Waals surface area contributed by atoms with Gasteiger partial charge in [0.05, 0.1) is 0 Å². The third-order valence-electron chi connectivity index (χ3n) is 3.56. The summed E-state index contributed by atoms with van der Waals surface area (Å²) in [5.41, 5.74) is 0.125. The van der Waals surface area contributed by atoms with Crippen molar-refractivity contribution in [2.45, 2.75) is 18.3 Å². The van der Waals surface area contributed by atoms with E-state index in [4.69, 9.17) is 5.11 Å². The van der Waals surface area contributed by atoms with Crippen LogP contribution in [0.4, 0.5) is 22.0 Å². The molecule has 1 aromatic carbocycles. The van der Waals surface area contributed by atoms with Gasteiger partial charge < -0.3 is 15.2 Å². The highest BCUT2D eigenvalue weighted by atomic mass is 19.4. The zero-order valence-corrected chi connectivity index (χ0v) is 12.1. The summed E-state index contributed by atoms with van der Waals surface area (Å²) in [4.78, 5) is 1.51. The molecule has 0 saturated carbocycles. The first-order valence-corrected chi connectivity index (χ1v) is 7.02. The van der Waals surface area contributed by atoms with Crippen LogP contribution in [-0.2, 0) is 0 Å². The molecule has 4 nitrogen and oxygen atoms in total. The number of nitrogens with one attached hydrogen (secondary N) is 1. The lowest BCUT2D eigenvalue weighted by Crippen LogP contribution is -2.51. The molecular weight excluding hydrogens is 323 g/mol. The monoisotopic (exact) mass is 340 g/mol. The molecule has 1 atom stereocenters. The molecule has 1 aromatic rings. The van der Waals surface area contributed by atoms with E-state index >= 15 is 0 Å². The minimum Gasteiger partial charge on any atom is -0.406 e. The topological polar surface area (TPSA) is 44.7 Å². The average molecular weight is 340 g/mol. The highest BCUT2D eigenvalue weighted by molar-refractivity contribution is 5.30. The van der Waals surface area contributed by atoms with Crippen LogP contribution in [-0.4, -0.2) is 55.1 Å². The van der Waals surface area contributed by atoms with Crippen molar-refractivity contribution >= 4 is 0 Å². The van der Waals surface area contributed by atoms with E-state index < -0.39 is 30.7 Å². The molecule has 23 heavy (non-hydrogen) atoms. The predicted molar refractivity (Wildman–Crippen MR) is 72.3 cm³/mol. The maximum Gasteiger partial charge on any atom is 0.573 e. The number of benzene rings is 1. The van der Waals surface area contributed by atoms with Gasteiger partial charge in [0.15, 0.2) is 0 Å². The molecule has 1 saturated heterocycles. The summed E-state index contributed by atoms with van der Waals surface area (Å²) in [6, 6.07) is 2.90. The van der Waals surface area contributed by atoms with Gasteiger partial charge in [0, 0.05) is 26.2 Å². The number of ether oxygens (including phenoxy) is 1. The molecule has 9 heteroatoms. The second kappa shape index (κ2) is 6.98. The Kier molecular flexibility index (Phi) is 5.43. The van der Waals surface area contributed by atoms with E-state index in [-0.39, 0.29) is 5.56 Å². The van der Waals surface area contributed by atoms with Crippen LogP contribution in [0, 0.1) is 0 Å². The number of rotatable bonds is 5. The van der Waals surface area contributed by atoms with E-state index in [1.165, 1.54) is 4.90 Å². The van der Waals surface area contributed by atoms with Crippen LogP contribution in [0.5, 0.6) is 5.75 Å². The predicted octanol–water partition coefficient (Wildman–Crippen LogP) is 2.16. The van der Waals surface area contributed by atoms with Crippen LogP contribution in [0.3, 0.4) is 0 Å². The van der Waals surface area contributed by atoms with Crippen LogP contribution in [0.1, 0.15) is 11.6 Å². The van der Waals surface area contributed by atoms with Gasteiger partial charge in [0.2, 0.25) is 0 Å². The number of hydrogen-bond donors (Lipinski definition) is 2. The summed E-state index contributed by atoms with van der Waals surface area (Å²) in [7, 11) is 0. The van der Waals surface area contributed by atoms with Gasteiger partial charge in [-0.25, -0.2) is 8.78 Å². The van der Waals surface area contributed by atoms with Crippen molar-refractivity contribution in [1.82, 2.24) is 10.2 Å². The minimum atomic E-state index is -4.84. The van der Waals surface area contributed by atoms with Gasteiger partial charge in [0.1, 0.15) is 18.4 Å². The van der Waals surface area contributed by atoms with Gasteiger partial charge in [-0.15, -0.1) is 13.2 Å². The lowest BCUT2D eigenvalue weighted by molar-refractivity contribution is -0.274. The number of aliphatic hydroxyl groups excluding tert-OH is 1. The molecule has 1 fully saturated rings. The van der Waals surface area contributed by atoms with Gasteiger partial charge in [-0.3, -0.25) is 4.90 Å². The van der Waals surface area contributed by atoms with Crippen molar-refractivity contribution in [3.63, 3.8) is 0 Å². The van der Waals surface area contributed by atoms with Gasteiger partial charge in [-0.2, -0.15) is 0 Å². The van der Waals surface area contributed by atoms with Gasteiger partial charge in [0.25, 0.3) is 5.92 Å². The van der Waals surface area contributed by atoms with Crippen molar-refractivity contribution in [3.8, 4) is 5.75 Å². The van der Waals surface area contributed by atoms with Crippen molar-refractivity contribution in [2.75, 3.05) is 32.8 Å². The second-order valence-electron chi connectivity index (χ2n) is 5.22. The standard InChI is InChI=1S/C14H17F5N2O2/c15-13(16,9-22)12(21-7-5-20-6-8-21)10-1-3-11(4-2-10)23-14(17,18)19/h1-4,12,20,22H,5-9H2/t12-/m1/s1. The summed E-state index contributed by atoms with van der Waals surface area (Å²) in [6.45, 7) is 0.394. The zero-order chi connectivity index (χ0) is 17.1. The van der Waals surface area contributed by atoms with Gasteiger partial charge >= 0.3 is 6.36 Å². The summed E-state index contributed by atoms with van der Waals surface area (Å²) >= 11 is 0. The maximum atomic E-state index is 14.1. The first-order valence-electron chi connectivity index (χ1n) is 7.02. The molecular formula is C14H17F5N2O2. The third-order valence-corrected chi connectivity index (χ3v) is 3.56. The number of piperazine rings is 1. The lowest BCUT2D eigenvalue weighted by Gasteiger charge is -2.38. The van der Waals surface area contributed by atoms with Crippen molar-refractivity contribution in [3.05, 3.63) is 29.8 Å². The molecule has 2 rings (SSSR count). The molecule has 0 radical (unpaired) electrons. The summed E-state index contributed by atoms with van der Waals surface area (Å²) < 4.78 is 68.4. The van der Waals surface area contributed by atoms with E-state index in [0.717, 1.165) is 24.3 Å². The molecule has 130 valence electrons. The highest BCUT2D eigenvalue weighted by Gasteiger charge is 2.44. The number of nitrogens with zero attached hydrogens (tertiary/aromatic N) is 1. The Balaban J connectivity index is 2.24. The Bertz CT molecular complexity index is 501. The zero-order valence-electron chi connectivity index (χ0n) is 12.1. The van der Waals surface area contributed by atoms with Crippen LogP contribution in [0.2, 0.25) is 0 Å². The molecule has 0 bridgehead atoms. The van der Waals surface area contributed by atoms with Crippen molar-refractivity contribution in [2.24, 2.45) is 0 Å². The van der Waals surface area contributed by atoms with Crippen LogP contribution in [0.25, 0.3) is 0 Å². The van der Waals surface area contributed by atoms with Crippen LogP contribution in [0.15, 0.2) is 24.3 Å². The first-order chi connectivity index (χ1) is 10.7. The molecule has 1 aliphatic heterocycles. The first kappa shape index (κ1) is 17.9. The summed E-state index contributed by atoms with van der Waals surface area (Å²) in [5, 5.41) is 12.0. The molecule has 0 amide bonds. The Hall–Kier alpha value is -1.45. The second-order valence-corrected chi connectivity index (χ2v) is 5.22. The van der Waals surface area contributed by atoms with Crippen LogP contribution >= 0.6 is 0 Å². The lowest BCUT2D eigenvalue weighted by atomic mass is 9.98. The van der Waals surface area contributed by atoms with Crippen molar-refractivity contribution < 1.29 is 31.8 Å². The normalized spacial score (nSPS) is 18.7. The fourth-order valence-electron chi connectivity index (χ4n) is 2.60. The minimum absolute atomic E-state index is 0.125. The molecule has 0 unspecified atom stereocenters. The van der Waals surface area contributed by atoms with Crippen molar-refractivity contribution in [1.29, 1.82) is 0 Å². The average Bonchev–Trinajstić information content (AvgIpc) is 2.49. The quantitative estimate of drug-likeness (QED) is 0.807. The Labute approximate surface area is 129 Å². The van der Waals surface area contributed by atoms with E-state index in [1.807, 2.05) is 0 Å². The molecule has 0 aliphatic carbocycles. The number of hydrogen-bond acceptors (Lipinski definition) is 4. The Morgan fingerprint density at radius 3 is 2.13 bits per heavy atom. The smallest absolute Gasteiger partial charge is 0.406 e. The fraction of sp³-hybridized carbons (Fsp3) is 0.571. The summed E-state index contributed by atoms with van der Waals surface area (Å²) in [5.74, 6) is -3.89. The molecule has 0 spiro atoms.